The van der Waals surface area contributed by atoms with E-state index < -0.39 is 42.0 Å². The van der Waals surface area contributed by atoms with Gasteiger partial charge in [0.1, 0.15) is 18.1 Å². The quantitative estimate of drug-likeness (QED) is 0.263. The maximum absolute atomic E-state index is 13.2. The Labute approximate surface area is 205 Å². The van der Waals surface area contributed by atoms with E-state index >= 15 is 0 Å². The number of amides is 3. The van der Waals surface area contributed by atoms with E-state index in [1.807, 2.05) is 55.4 Å². The normalized spacial score (nSPS) is 15.1. The number of hydrogen-bond donors (Lipinski definition) is 4. The Morgan fingerprint density at radius 3 is 1.26 bits per heavy atom. The standard InChI is InChI=1S/C25H48N4O5/c1-14(2)10-18(26)22(30)27-19(11-15(3)4)23(31)28-20(12-16(5)6)24(32)29-21(13-17(7)8)25(33)34-9/h14-21H,10-13,26H2,1-9H3,(H,27,30)(H,28,31)(H,29,32)/t18-,19+,20-,21+/m1/s1. The number of hydrogen-bond acceptors (Lipinski definition) is 6. The van der Waals surface area contributed by atoms with Gasteiger partial charge in [-0.25, -0.2) is 4.79 Å². The molecule has 0 rings (SSSR count). The third-order valence-electron chi connectivity index (χ3n) is 5.25. The first-order chi connectivity index (χ1) is 15.7. The minimum absolute atomic E-state index is 0.107. The average molecular weight is 485 g/mol. The summed E-state index contributed by atoms with van der Waals surface area (Å²) in [7, 11) is 1.28. The van der Waals surface area contributed by atoms with Gasteiger partial charge in [0.15, 0.2) is 0 Å². The highest BCUT2D eigenvalue weighted by Gasteiger charge is 2.31. The van der Waals surface area contributed by atoms with Crippen molar-refractivity contribution < 1.29 is 23.9 Å². The molecule has 0 aliphatic rings. The van der Waals surface area contributed by atoms with Gasteiger partial charge in [-0.3, -0.25) is 14.4 Å². The SMILES string of the molecule is COC(=O)[C@H](CC(C)C)NC(=O)[C@@H](CC(C)C)NC(=O)[C@H](CC(C)C)NC(=O)[C@H](N)CC(C)C. The smallest absolute Gasteiger partial charge is 0.328 e. The molecular weight excluding hydrogens is 436 g/mol. The predicted molar refractivity (Wildman–Crippen MR) is 134 cm³/mol. The molecule has 0 aromatic heterocycles. The molecule has 0 spiro atoms. The molecule has 5 N–H and O–H groups in total. The van der Waals surface area contributed by atoms with E-state index in [1.54, 1.807) is 0 Å². The number of esters is 1. The number of ether oxygens (including phenoxy) is 1. The lowest BCUT2D eigenvalue weighted by molar-refractivity contribution is -0.146. The van der Waals surface area contributed by atoms with Crippen LogP contribution in [0.3, 0.4) is 0 Å². The highest BCUT2D eigenvalue weighted by molar-refractivity contribution is 5.94. The van der Waals surface area contributed by atoms with Crippen LogP contribution in [-0.4, -0.2) is 55.0 Å². The van der Waals surface area contributed by atoms with E-state index in [4.69, 9.17) is 10.5 Å². The van der Waals surface area contributed by atoms with Crippen LogP contribution >= 0.6 is 0 Å². The molecule has 0 radical (unpaired) electrons. The topological polar surface area (TPSA) is 140 Å². The van der Waals surface area contributed by atoms with Crippen molar-refractivity contribution in [3.8, 4) is 0 Å². The molecule has 0 saturated heterocycles. The van der Waals surface area contributed by atoms with E-state index in [0.29, 0.717) is 25.7 Å². The van der Waals surface area contributed by atoms with Crippen molar-refractivity contribution in [1.82, 2.24) is 16.0 Å². The van der Waals surface area contributed by atoms with E-state index in [-0.39, 0.29) is 29.6 Å². The zero-order chi connectivity index (χ0) is 26.6. The van der Waals surface area contributed by atoms with Gasteiger partial charge in [-0.1, -0.05) is 55.4 Å². The molecule has 0 aromatic carbocycles. The second-order valence-electron chi connectivity index (χ2n) is 10.8. The first-order valence-electron chi connectivity index (χ1n) is 12.4. The summed E-state index contributed by atoms with van der Waals surface area (Å²) in [5, 5.41) is 8.29. The summed E-state index contributed by atoms with van der Waals surface area (Å²) in [5.74, 6) is -1.18. The van der Waals surface area contributed by atoms with E-state index in [2.05, 4.69) is 16.0 Å². The Morgan fingerprint density at radius 1 is 0.588 bits per heavy atom. The number of nitrogens with two attached hydrogens (primary N) is 1. The molecule has 4 atom stereocenters. The molecule has 0 heterocycles. The molecule has 0 aliphatic carbocycles. The highest BCUT2D eigenvalue weighted by atomic mass is 16.5. The van der Waals surface area contributed by atoms with Crippen molar-refractivity contribution in [3.63, 3.8) is 0 Å². The van der Waals surface area contributed by atoms with Crippen LogP contribution in [-0.2, 0) is 23.9 Å². The maximum Gasteiger partial charge on any atom is 0.328 e. The van der Waals surface area contributed by atoms with Gasteiger partial charge in [-0.15, -0.1) is 0 Å². The molecule has 0 bridgehead atoms. The number of carbonyl (C=O) groups excluding carboxylic acids is 4. The summed E-state index contributed by atoms with van der Waals surface area (Å²) >= 11 is 0. The lowest BCUT2D eigenvalue weighted by atomic mass is 9.98. The Bertz CT molecular complexity index is 664. The van der Waals surface area contributed by atoms with Crippen LogP contribution in [0.5, 0.6) is 0 Å². The Morgan fingerprint density at radius 2 is 0.912 bits per heavy atom. The monoisotopic (exact) mass is 484 g/mol. The molecule has 0 aromatic rings. The second-order valence-corrected chi connectivity index (χ2v) is 10.8. The van der Waals surface area contributed by atoms with Gasteiger partial charge in [-0.05, 0) is 49.4 Å². The van der Waals surface area contributed by atoms with Crippen LogP contribution < -0.4 is 21.7 Å². The number of carbonyl (C=O) groups is 4. The second kappa shape index (κ2) is 15.7. The first-order valence-corrected chi connectivity index (χ1v) is 12.4. The Kier molecular flexibility index (Phi) is 14.7. The number of rotatable bonds is 15. The van der Waals surface area contributed by atoms with Crippen molar-refractivity contribution in [2.75, 3.05) is 7.11 Å². The third-order valence-corrected chi connectivity index (χ3v) is 5.25. The van der Waals surface area contributed by atoms with Crippen LogP contribution in [0.25, 0.3) is 0 Å². The molecular formula is C25H48N4O5. The lowest BCUT2D eigenvalue weighted by Gasteiger charge is -2.27. The molecule has 0 saturated carbocycles. The molecule has 34 heavy (non-hydrogen) atoms. The molecule has 0 aliphatic heterocycles. The summed E-state index contributed by atoms with van der Waals surface area (Å²) in [6.07, 6.45) is 1.70. The fourth-order valence-corrected chi connectivity index (χ4v) is 3.67. The summed E-state index contributed by atoms with van der Waals surface area (Å²) in [6.45, 7) is 15.6. The van der Waals surface area contributed by atoms with Crippen LogP contribution in [0.2, 0.25) is 0 Å². The van der Waals surface area contributed by atoms with Gasteiger partial charge in [0.2, 0.25) is 17.7 Å². The summed E-state index contributed by atoms with van der Waals surface area (Å²) < 4.78 is 4.83. The summed E-state index contributed by atoms with van der Waals surface area (Å²) in [6, 6.07) is -3.19. The van der Waals surface area contributed by atoms with Gasteiger partial charge in [0.05, 0.1) is 13.2 Å². The number of nitrogens with one attached hydrogen (secondary N) is 3. The number of methoxy groups -OCH3 is 1. The highest BCUT2D eigenvalue weighted by Crippen LogP contribution is 2.12. The van der Waals surface area contributed by atoms with Crippen LogP contribution in [0, 0.1) is 23.7 Å². The fraction of sp³-hybridized carbons (Fsp3) is 0.840. The van der Waals surface area contributed by atoms with Gasteiger partial charge < -0.3 is 26.4 Å². The predicted octanol–water partition coefficient (Wildman–Crippen LogP) is 2.13. The van der Waals surface area contributed by atoms with Crippen molar-refractivity contribution >= 4 is 23.7 Å². The summed E-state index contributed by atoms with van der Waals surface area (Å²) in [4.78, 5) is 51.0. The minimum atomic E-state index is -0.859. The molecule has 9 heteroatoms. The summed E-state index contributed by atoms with van der Waals surface area (Å²) in [5.41, 5.74) is 6.00. The minimum Gasteiger partial charge on any atom is -0.467 e. The van der Waals surface area contributed by atoms with Crippen LogP contribution in [0.1, 0.15) is 81.1 Å². The fourth-order valence-electron chi connectivity index (χ4n) is 3.67. The van der Waals surface area contributed by atoms with Crippen LogP contribution in [0.15, 0.2) is 0 Å². The van der Waals surface area contributed by atoms with Gasteiger partial charge in [0, 0.05) is 0 Å². The molecule has 0 unspecified atom stereocenters. The van der Waals surface area contributed by atoms with E-state index in [1.165, 1.54) is 7.11 Å². The van der Waals surface area contributed by atoms with Gasteiger partial charge >= 0.3 is 5.97 Å². The van der Waals surface area contributed by atoms with E-state index in [0.717, 1.165) is 0 Å². The van der Waals surface area contributed by atoms with Gasteiger partial charge in [-0.2, -0.15) is 0 Å². The largest absolute Gasteiger partial charge is 0.467 e. The van der Waals surface area contributed by atoms with Crippen LogP contribution in [0.4, 0.5) is 0 Å². The zero-order valence-electron chi connectivity index (χ0n) is 22.6. The average Bonchev–Trinajstić information content (AvgIpc) is 2.69. The Hall–Kier alpha value is -2.16. The van der Waals surface area contributed by atoms with Gasteiger partial charge in [0.25, 0.3) is 0 Å². The maximum atomic E-state index is 13.2. The molecule has 0 fully saturated rings. The van der Waals surface area contributed by atoms with Crippen molar-refractivity contribution in [2.24, 2.45) is 29.4 Å². The lowest BCUT2D eigenvalue weighted by Crippen LogP contribution is -2.57. The zero-order valence-corrected chi connectivity index (χ0v) is 22.6. The third kappa shape index (κ3) is 12.9. The van der Waals surface area contributed by atoms with E-state index in [9.17, 15) is 19.2 Å². The molecule has 3 amide bonds. The van der Waals surface area contributed by atoms with Crippen molar-refractivity contribution in [1.29, 1.82) is 0 Å². The molecule has 198 valence electrons. The van der Waals surface area contributed by atoms with Crippen molar-refractivity contribution in [2.45, 2.75) is 105 Å². The Balaban J connectivity index is 5.56. The van der Waals surface area contributed by atoms with Crippen molar-refractivity contribution in [3.05, 3.63) is 0 Å². The first kappa shape index (κ1) is 31.8. The molecule has 9 nitrogen and oxygen atoms in total.